The first-order valence-corrected chi connectivity index (χ1v) is 10.7. The summed E-state index contributed by atoms with van der Waals surface area (Å²) in [5.74, 6) is 0.850. The van der Waals surface area contributed by atoms with Crippen LogP contribution < -0.4 is 5.32 Å². The normalized spacial score (nSPS) is 20.3. The number of ether oxygens (including phenoxy) is 2. The Balaban J connectivity index is 1.58. The van der Waals surface area contributed by atoms with Crippen LogP contribution >= 0.6 is 0 Å². The van der Waals surface area contributed by atoms with E-state index in [9.17, 15) is 4.79 Å². The number of rotatable bonds is 6. The van der Waals surface area contributed by atoms with Gasteiger partial charge in [-0.05, 0) is 25.3 Å². The van der Waals surface area contributed by atoms with Crippen LogP contribution in [0.3, 0.4) is 0 Å². The molecular formula is C22H34N4O3. The number of likely N-dealkylation sites (tertiary alicyclic amines) is 1. The summed E-state index contributed by atoms with van der Waals surface area (Å²) in [5, 5.41) is 3.58. The van der Waals surface area contributed by atoms with Gasteiger partial charge in [0, 0.05) is 39.8 Å². The number of aliphatic imine (C=N–C) groups is 1. The van der Waals surface area contributed by atoms with Crippen LogP contribution in [0.2, 0.25) is 0 Å². The second kappa shape index (κ2) is 11.2. The molecule has 0 bridgehead atoms. The molecule has 0 aromatic heterocycles. The van der Waals surface area contributed by atoms with Gasteiger partial charge in [0.1, 0.15) is 0 Å². The van der Waals surface area contributed by atoms with E-state index in [1.807, 2.05) is 14.0 Å². The fourth-order valence-corrected chi connectivity index (χ4v) is 4.13. The van der Waals surface area contributed by atoms with Gasteiger partial charge in [0.25, 0.3) is 0 Å². The van der Waals surface area contributed by atoms with Crippen molar-refractivity contribution in [1.82, 2.24) is 15.1 Å². The number of morpholine rings is 1. The van der Waals surface area contributed by atoms with Crippen LogP contribution in [0, 0.1) is 5.92 Å². The maximum Gasteiger partial charge on any atom is 0.309 e. The molecule has 1 aromatic carbocycles. The van der Waals surface area contributed by atoms with Gasteiger partial charge in [-0.2, -0.15) is 0 Å². The maximum atomic E-state index is 12.0. The number of nitrogens with zero attached hydrogens (tertiary/aromatic N) is 3. The van der Waals surface area contributed by atoms with Crippen molar-refractivity contribution in [2.24, 2.45) is 10.9 Å². The molecule has 0 amide bonds. The van der Waals surface area contributed by atoms with E-state index in [1.54, 1.807) is 0 Å². The molecule has 1 N–H and O–H groups in total. The summed E-state index contributed by atoms with van der Waals surface area (Å²) in [6.45, 7) is 8.15. The van der Waals surface area contributed by atoms with Crippen molar-refractivity contribution in [3.05, 3.63) is 35.9 Å². The average Bonchev–Trinajstić information content (AvgIpc) is 2.78. The van der Waals surface area contributed by atoms with E-state index >= 15 is 0 Å². The molecule has 1 unspecified atom stereocenters. The third-order valence-electron chi connectivity index (χ3n) is 5.75. The van der Waals surface area contributed by atoms with Gasteiger partial charge in [0.05, 0.1) is 31.8 Å². The van der Waals surface area contributed by atoms with Gasteiger partial charge in [-0.3, -0.25) is 14.7 Å². The lowest BCUT2D eigenvalue weighted by Crippen LogP contribution is -2.50. The van der Waals surface area contributed by atoms with Crippen LogP contribution in [0.4, 0.5) is 0 Å². The van der Waals surface area contributed by atoms with E-state index in [4.69, 9.17) is 9.47 Å². The van der Waals surface area contributed by atoms with Crippen molar-refractivity contribution in [3.8, 4) is 0 Å². The molecule has 160 valence electrons. The number of carbonyl (C=O) groups excluding carboxylic acids is 1. The molecule has 3 rings (SSSR count). The van der Waals surface area contributed by atoms with Crippen LogP contribution in [-0.2, 0) is 14.3 Å². The predicted octanol–water partition coefficient (Wildman–Crippen LogP) is 1.91. The zero-order chi connectivity index (χ0) is 20.5. The van der Waals surface area contributed by atoms with E-state index in [-0.39, 0.29) is 17.9 Å². The lowest BCUT2D eigenvalue weighted by atomic mass is 9.97. The summed E-state index contributed by atoms with van der Waals surface area (Å²) < 4.78 is 10.7. The van der Waals surface area contributed by atoms with Gasteiger partial charge in [-0.25, -0.2) is 0 Å². The first-order valence-electron chi connectivity index (χ1n) is 10.7. The number of hydrogen-bond acceptors (Lipinski definition) is 5. The third kappa shape index (κ3) is 5.93. The van der Waals surface area contributed by atoms with Gasteiger partial charge in [-0.15, -0.1) is 0 Å². The Kier molecular flexibility index (Phi) is 8.31. The van der Waals surface area contributed by atoms with E-state index in [0.29, 0.717) is 6.61 Å². The number of benzene rings is 1. The SMILES string of the molecule is CCOC(=O)C1CCN(C(=NC)NCC(c2ccccc2)N2CCOCC2)CC1. The smallest absolute Gasteiger partial charge is 0.309 e. The standard InChI is InChI=1S/C22H34N4O3/c1-3-29-21(27)19-9-11-26(12-10-19)22(23-2)24-17-20(18-7-5-4-6-8-18)25-13-15-28-16-14-25/h4-8,19-20H,3,9-17H2,1-2H3,(H,23,24). The Morgan fingerprint density at radius 1 is 1.21 bits per heavy atom. The molecule has 0 saturated carbocycles. The zero-order valence-electron chi connectivity index (χ0n) is 17.7. The minimum Gasteiger partial charge on any atom is -0.466 e. The summed E-state index contributed by atoms with van der Waals surface area (Å²) >= 11 is 0. The Morgan fingerprint density at radius 2 is 1.90 bits per heavy atom. The first kappa shape index (κ1) is 21.6. The Bertz CT molecular complexity index is 653. The average molecular weight is 403 g/mol. The number of piperidine rings is 1. The zero-order valence-corrected chi connectivity index (χ0v) is 17.7. The van der Waals surface area contributed by atoms with Gasteiger partial charge < -0.3 is 19.7 Å². The van der Waals surface area contributed by atoms with Crippen LogP contribution in [0.15, 0.2) is 35.3 Å². The molecule has 1 aromatic rings. The maximum absolute atomic E-state index is 12.0. The third-order valence-corrected chi connectivity index (χ3v) is 5.75. The Hall–Kier alpha value is -2.12. The van der Waals surface area contributed by atoms with Crippen LogP contribution in [-0.4, -0.2) is 81.3 Å². The largest absolute Gasteiger partial charge is 0.466 e. The Morgan fingerprint density at radius 3 is 2.52 bits per heavy atom. The Labute approximate surface area is 174 Å². The molecule has 2 aliphatic heterocycles. The van der Waals surface area contributed by atoms with Gasteiger partial charge in [0.15, 0.2) is 5.96 Å². The fraction of sp³-hybridized carbons (Fsp3) is 0.636. The highest BCUT2D eigenvalue weighted by Gasteiger charge is 2.28. The highest BCUT2D eigenvalue weighted by Crippen LogP contribution is 2.22. The van der Waals surface area contributed by atoms with Crippen molar-refractivity contribution >= 4 is 11.9 Å². The molecular weight excluding hydrogens is 368 g/mol. The lowest BCUT2D eigenvalue weighted by Gasteiger charge is -2.37. The molecule has 7 heteroatoms. The van der Waals surface area contributed by atoms with Crippen LogP contribution in [0.5, 0.6) is 0 Å². The fourth-order valence-electron chi connectivity index (χ4n) is 4.13. The molecule has 2 heterocycles. The minimum absolute atomic E-state index is 0.00900. The molecule has 0 radical (unpaired) electrons. The number of nitrogens with one attached hydrogen (secondary N) is 1. The lowest BCUT2D eigenvalue weighted by molar-refractivity contribution is -0.149. The number of hydrogen-bond donors (Lipinski definition) is 1. The number of esters is 1. The second-order valence-corrected chi connectivity index (χ2v) is 7.52. The van der Waals surface area contributed by atoms with E-state index in [1.165, 1.54) is 5.56 Å². The van der Waals surface area contributed by atoms with E-state index in [0.717, 1.165) is 64.7 Å². The highest BCUT2D eigenvalue weighted by molar-refractivity contribution is 5.80. The van der Waals surface area contributed by atoms with E-state index in [2.05, 4.69) is 50.4 Å². The second-order valence-electron chi connectivity index (χ2n) is 7.52. The molecule has 2 aliphatic rings. The van der Waals surface area contributed by atoms with Crippen molar-refractivity contribution < 1.29 is 14.3 Å². The quantitative estimate of drug-likeness (QED) is 0.445. The van der Waals surface area contributed by atoms with E-state index < -0.39 is 0 Å². The van der Waals surface area contributed by atoms with Crippen LogP contribution in [0.1, 0.15) is 31.4 Å². The van der Waals surface area contributed by atoms with Crippen molar-refractivity contribution in [2.75, 3.05) is 59.6 Å². The van der Waals surface area contributed by atoms with Crippen LogP contribution in [0.25, 0.3) is 0 Å². The summed E-state index contributed by atoms with van der Waals surface area (Å²) in [4.78, 5) is 21.2. The molecule has 0 spiro atoms. The first-order chi connectivity index (χ1) is 14.2. The predicted molar refractivity (Wildman–Crippen MR) is 114 cm³/mol. The summed E-state index contributed by atoms with van der Waals surface area (Å²) in [5.41, 5.74) is 1.30. The molecule has 2 saturated heterocycles. The number of guanidine groups is 1. The highest BCUT2D eigenvalue weighted by atomic mass is 16.5. The van der Waals surface area contributed by atoms with Crippen molar-refractivity contribution in [3.63, 3.8) is 0 Å². The molecule has 1 atom stereocenters. The van der Waals surface area contributed by atoms with Gasteiger partial charge in [-0.1, -0.05) is 30.3 Å². The molecule has 2 fully saturated rings. The summed E-state index contributed by atoms with van der Waals surface area (Å²) in [6.07, 6.45) is 1.62. The van der Waals surface area contributed by atoms with Crippen molar-refractivity contribution in [2.45, 2.75) is 25.8 Å². The monoisotopic (exact) mass is 402 g/mol. The van der Waals surface area contributed by atoms with Crippen molar-refractivity contribution in [1.29, 1.82) is 0 Å². The topological polar surface area (TPSA) is 66.4 Å². The molecule has 7 nitrogen and oxygen atoms in total. The number of carbonyl (C=O) groups is 1. The summed E-state index contributed by atoms with van der Waals surface area (Å²) in [7, 11) is 1.83. The molecule has 29 heavy (non-hydrogen) atoms. The minimum atomic E-state index is -0.0634. The molecule has 0 aliphatic carbocycles. The summed E-state index contributed by atoms with van der Waals surface area (Å²) in [6, 6.07) is 10.9. The van der Waals surface area contributed by atoms with Gasteiger partial charge >= 0.3 is 5.97 Å². The van der Waals surface area contributed by atoms with Gasteiger partial charge in [0.2, 0.25) is 0 Å².